The molecule has 0 aliphatic rings. The fourth-order valence-corrected chi connectivity index (χ4v) is 5.80. The van der Waals surface area contributed by atoms with Gasteiger partial charge in [0.1, 0.15) is 0 Å². The zero-order valence-electron chi connectivity index (χ0n) is 33.1. The Kier molecular flexibility index (Phi) is 27.5. The Bertz CT molecular complexity index is 896. The second-order valence-corrected chi connectivity index (χ2v) is 14.8. The molecule has 0 aromatic rings. The molecule has 0 radical (unpaired) electrons. The fourth-order valence-electron chi connectivity index (χ4n) is 5.80. The molecule has 6 unspecified atom stereocenters. The van der Waals surface area contributed by atoms with E-state index in [1.807, 2.05) is 32.6 Å². The third kappa shape index (κ3) is 25.7. The Morgan fingerprint density at radius 3 is 1.27 bits per heavy atom. The summed E-state index contributed by atoms with van der Waals surface area (Å²) >= 11 is 0. The first-order chi connectivity index (χ1) is 24.0. The van der Waals surface area contributed by atoms with Gasteiger partial charge in [0.2, 0.25) is 17.7 Å². The van der Waals surface area contributed by atoms with Crippen molar-refractivity contribution in [2.45, 2.75) is 144 Å². The molecule has 0 spiro atoms. The van der Waals surface area contributed by atoms with Crippen molar-refractivity contribution in [3.05, 3.63) is 0 Å². The van der Waals surface area contributed by atoms with Crippen molar-refractivity contribution in [3.63, 3.8) is 0 Å². The summed E-state index contributed by atoms with van der Waals surface area (Å²) in [5.41, 5.74) is 0. The Hall–Kier alpha value is -1.91. The highest BCUT2D eigenvalue weighted by atomic mass is 16.3. The van der Waals surface area contributed by atoms with Crippen LogP contribution >= 0.6 is 0 Å². The second-order valence-electron chi connectivity index (χ2n) is 14.8. The minimum atomic E-state index is -0.626. The van der Waals surface area contributed by atoms with Crippen molar-refractivity contribution in [2.24, 2.45) is 17.8 Å². The zero-order chi connectivity index (χ0) is 38.9. The van der Waals surface area contributed by atoms with Crippen LogP contribution in [0.25, 0.3) is 0 Å². The van der Waals surface area contributed by atoms with E-state index in [0.29, 0.717) is 77.4 Å². The molecule has 0 bridgehead atoms. The lowest BCUT2D eigenvalue weighted by atomic mass is 9.83. The molecule has 0 rings (SSSR count). The maximum Gasteiger partial charge on any atom is 0.221 e. The lowest BCUT2D eigenvalue weighted by Crippen LogP contribution is -2.45. The monoisotopic (exact) mass is 733 g/mol. The summed E-state index contributed by atoms with van der Waals surface area (Å²) in [5.74, 6) is -0.375. The van der Waals surface area contributed by atoms with Crippen LogP contribution in [0.15, 0.2) is 0 Å². The highest BCUT2D eigenvalue weighted by Crippen LogP contribution is 2.25. The quantitative estimate of drug-likeness (QED) is 0.0480. The third-order valence-corrected chi connectivity index (χ3v) is 9.45. The highest BCUT2D eigenvalue weighted by molar-refractivity contribution is 5.77. The number of nitrogens with one attached hydrogen (secondary N) is 3. The molecule has 3 amide bonds. The average molecular weight is 733 g/mol. The fraction of sp³-hybridized carbons (Fsp3) is 0.919. The molecule has 0 fully saturated rings. The number of carbonyl (C=O) groups excluding carboxylic acids is 3. The maximum absolute atomic E-state index is 13.3. The van der Waals surface area contributed by atoms with E-state index in [9.17, 15) is 39.9 Å². The minimum absolute atomic E-state index is 0.0608. The lowest BCUT2D eigenvalue weighted by molar-refractivity contribution is -0.125. The van der Waals surface area contributed by atoms with Crippen molar-refractivity contribution in [3.8, 4) is 0 Å². The Labute approximate surface area is 308 Å². The van der Waals surface area contributed by atoms with Crippen LogP contribution in [0.3, 0.4) is 0 Å². The van der Waals surface area contributed by atoms with Crippen LogP contribution in [0, 0.1) is 17.8 Å². The molecule has 0 aliphatic carbocycles. The number of rotatable bonds is 31. The molecule has 0 saturated heterocycles. The van der Waals surface area contributed by atoms with Gasteiger partial charge in [0.25, 0.3) is 0 Å². The molecule has 14 heteroatoms. The molecule has 302 valence electrons. The van der Waals surface area contributed by atoms with Crippen LogP contribution in [-0.4, -0.2) is 148 Å². The molecule has 8 N–H and O–H groups in total. The van der Waals surface area contributed by atoms with E-state index < -0.39 is 30.5 Å². The summed E-state index contributed by atoms with van der Waals surface area (Å²) in [6.07, 6.45) is 1.34. The van der Waals surface area contributed by atoms with Crippen molar-refractivity contribution in [1.29, 1.82) is 0 Å². The number of aliphatic hydroxyl groups excluding tert-OH is 5. The molecule has 0 aromatic heterocycles. The molecular weight excluding hydrogens is 656 g/mol. The third-order valence-electron chi connectivity index (χ3n) is 9.45. The number of aliphatic hydroxyl groups is 5. The van der Waals surface area contributed by atoms with Crippen LogP contribution in [0.4, 0.5) is 0 Å². The topological polar surface area (TPSA) is 198 Å². The number of nitrogens with zero attached hydrogens (tertiary/aromatic N) is 3. The van der Waals surface area contributed by atoms with Crippen LogP contribution in [0.5, 0.6) is 0 Å². The maximum atomic E-state index is 13.3. The van der Waals surface area contributed by atoms with Crippen molar-refractivity contribution in [1.82, 2.24) is 30.7 Å². The van der Waals surface area contributed by atoms with Gasteiger partial charge in [0, 0.05) is 58.5 Å². The van der Waals surface area contributed by atoms with Crippen molar-refractivity contribution < 1.29 is 39.9 Å². The normalized spacial score (nSPS) is 16.7. The van der Waals surface area contributed by atoms with Crippen molar-refractivity contribution in [2.75, 3.05) is 59.3 Å². The van der Waals surface area contributed by atoms with E-state index >= 15 is 0 Å². The molecule has 0 saturated carbocycles. The van der Waals surface area contributed by atoms with Gasteiger partial charge in [-0.25, -0.2) is 0 Å². The van der Waals surface area contributed by atoms with E-state index in [0.717, 1.165) is 13.0 Å². The standard InChI is InChI=1S/C37H76N6O8/c1-9-27(5)18-41(21-32(46)10-2)24-38-35(49)15-13-28(6)31(14-16-36(50)39-25-42(19-29(7)44)20-30(8)45)17-37(51)40-26-43(22-33(47)11-3)23-34(48)12-4/h27-34,44-48H,9-26H2,1-8H3,(H,38,49)(H,39,50)(H,40,51)/t27?,28-,29?,30?,31-,32?,33?,34?/m0/s1. The van der Waals surface area contributed by atoms with Gasteiger partial charge in [-0.3, -0.25) is 29.1 Å². The SMILES string of the molecule is CCC(C)CN(CNC(=O)CC[C@H](C)[C@@H](CCC(=O)NCN(CC(C)O)CC(C)O)CC(=O)NCN(CC(O)CC)CC(O)CC)CC(O)CC. The van der Waals surface area contributed by atoms with E-state index in [-0.39, 0.29) is 62.2 Å². The number of carbonyl (C=O) groups is 3. The van der Waals surface area contributed by atoms with Gasteiger partial charge < -0.3 is 41.5 Å². The second kappa shape index (κ2) is 28.6. The molecular formula is C37H76N6O8. The van der Waals surface area contributed by atoms with E-state index in [1.165, 1.54) is 0 Å². The highest BCUT2D eigenvalue weighted by Gasteiger charge is 2.24. The van der Waals surface area contributed by atoms with Gasteiger partial charge in [-0.15, -0.1) is 0 Å². The largest absolute Gasteiger partial charge is 0.392 e. The van der Waals surface area contributed by atoms with Gasteiger partial charge in [-0.05, 0) is 63.7 Å². The Morgan fingerprint density at radius 1 is 0.510 bits per heavy atom. The van der Waals surface area contributed by atoms with Crippen LogP contribution in [0.2, 0.25) is 0 Å². The first-order valence-electron chi connectivity index (χ1n) is 19.4. The van der Waals surface area contributed by atoms with Crippen molar-refractivity contribution >= 4 is 17.7 Å². The zero-order valence-corrected chi connectivity index (χ0v) is 33.1. The van der Waals surface area contributed by atoms with E-state index in [4.69, 9.17) is 0 Å². The number of amides is 3. The molecule has 0 aromatic carbocycles. The predicted octanol–water partition coefficient (Wildman–Crippen LogP) is 1.44. The molecule has 0 heterocycles. The van der Waals surface area contributed by atoms with Crippen LogP contribution < -0.4 is 16.0 Å². The van der Waals surface area contributed by atoms with Gasteiger partial charge in [-0.2, -0.15) is 0 Å². The van der Waals surface area contributed by atoms with E-state index in [2.05, 4.69) is 34.7 Å². The number of hydrogen-bond donors (Lipinski definition) is 8. The van der Waals surface area contributed by atoms with Crippen LogP contribution in [0.1, 0.15) is 113 Å². The summed E-state index contributed by atoms with van der Waals surface area (Å²) < 4.78 is 0. The molecule has 14 nitrogen and oxygen atoms in total. The van der Waals surface area contributed by atoms with E-state index in [1.54, 1.807) is 18.7 Å². The molecule has 51 heavy (non-hydrogen) atoms. The predicted molar refractivity (Wildman–Crippen MR) is 201 cm³/mol. The minimum Gasteiger partial charge on any atom is -0.392 e. The van der Waals surface area contributed by atoms with Gasteiger partial charge in [0.05, 0.1) is 50.5 Å². The summed E-state index contributed by atoms with van der Waals surface area (Å²) in [5, 5.41) is 59.0. The molecule has 8 atom stereocenters. The lowest BCUT2D eigenvalue weighted by Gasteiger charge is -2.28. The first-order valence-corrected chi connectivity index (χ1v) is 19.4. The first kappa shape index (κ1) is 49.1. The average Bonchev–Trinajstić information content (AvgIpc) is 3.08. The van der Waals surface area contributed by atoms with Crippen LogP contribution in [-0.2, 0) is 14.4 Å². The Balaban J connectivity index is 5.52. The summed E-state index contributed by atoms with van der Waals surface area (Å²) in [4.78, 5) is 44.8. The van der Waals surface area contributed by atoms with Gasteiger partial charge in [0.15, 0.2) is 0 Å². The molecule has 0 aliphatic heterocycles. The Morgan fingerprint density at radius 2 is 0.882 bits per heavy atom. The smallest absolute Gasteiger partial charge is 0.221 e. The van der Waals surface area contributed by atoms with Gasteiger partial charge in [-0.1, -0.05) is 48.0 Å². The summed E-state index contributed by atoms with van der Waals surface area (Å²) in [6, 6.07) is 0. The summed E-state index contributed by atoms with van der Waals surface area (Å²) in [7, 11) is 0. The summed E-state index contributed by atoms with van der Waals surface area (Å²) in [6.45, 7) is 18.4. The van der Waals surface area contributed by atoms with Gasteiger partial charge >= 0.3 is 0 Å². The number of hydrogen-bond acceptors (Lipinski definition) is 11.